The summed E-state index contributed by atoms with van der Waals surface area (Å²) in [6.45, 7) is 2.26. The number of likely N-dealkylation sites (N-methyl/N-ethyl adjacent to an activating group) is 1. The SMILES string of the molecule is CC(=O)N(C)CCc1ccc2c(c1)CC(=O)N2. The lowest BCUT2D eigenvalue weighted by Gasteiger charge is -2.14. The lowest BCUT2D eigenvalue weighted by molar-refractivity contribution is -0.127. The molecular weight excluding hydrogens is 216 g/mol. The quantitative estimate of drug-likeness (QED) is 0.851. The van der Waals surface area contributed by atoms with Crippen LogP contribution in [0.5, 0.6) is 0 Å². The Morgan fingerprint density at radius 1 is 1.47 bits per heavy atom. The van der Waals surface area contributed by atoms with E-state index in [0.717, 1.165) is 23.2 Å². The Hall–Kier alpha value is -1.84. The molecule has 1 aliphatic heterocycles. The van der Waals surface area contributed by atoms with Crippen molar-refractivity contribution in [2.45, 2.75) is 19.8 Å². The number of hydrogen-bond acceptors (Lipinski definition) is 2. The van der Waals surface area contributed by atoms with Crippen molar-refractivity contribution in [2.24, 2.45) is 0 Å². The monoisotopic (exact) mass is 232 g/mol. The van der Waals surface area contributed by atoms with E-state index in [0.29, 0.717) is 13.0 Å². The predicted molar refractivity (Wildman–Crippen MR) is 65.8 cm³/mol. The largest absolute Gasteiger partial charge is 0.346 e. The Morgan fingerprint density at radius 3 is 2.94 bits per heavy atom. The number of anilines is 1. The lowest BCUT2D eigenvalue weighted by Crippen LogP contribution is -2.26. The van der Waals surface area contributed by atoms with E-state index in [-0.39, 0.29) is 11.8 Å². The molecule has 0 saturated carbocycles. The highest BCUT2D eigenvalue weighted by atomic mass is 16.2. The summed E-state index contributed by atoms with van der Waals surface area (Å²) < 4.78 is 0. The van der Waals surface area contributed by atoms with Crippen LogP contribution in [0.25, 0.3) is 0 Å². The average Bonchev–Trinajstić information content (AvgIpc) is 2.64. The van der Waals surface area contributed by atoms with Crippen LogP contribution in [-0.2, 0) is 22.4 Å². The third-order valence-electron chi connectivity index (χ3n) is 3.07. The van der Waals surface area contributed by atoms with Crippen LogP contribution in [0.3, 0.4) is 0 Å². The van der Waals surface area contributed by atoms with Crippen LogP contribution in [0.2, 0.25) is 0 Å². The summed E-state index contributed by atoms with van der Waals surface area (Å²) in [6, 6.07) is 5.98. The van der Waals surface area contributed by atoms with Crippen molar-refractivity contribution in [3.8, 4) is 0 Å². The van der Waals surface area contributed by atoms with Gasteiger partial charge in [0.1, 0.15) is 0 Å². The minimum Gasteiger partial charge on any atom is -0.346 e. The Labute approximate surface area is 101 Å². The molecule has 0 aliphatic carbocycles. The van der Waals surface area contributed by atoms with Gasteiger partial charge >= 0.3 is 0 Å². The van der Waals surface area contributed by atoms with Crippen molar-refractivity contribution in [1.29, 1.82) is 0 Å². The van der Waals surface area contributed by atoms with E-state index in [9.17, 15) is 9.59 Å². The number of nitrogens with one attached hydrogen (secondary N) is 1. The molecule has 0 radical (unpaired) electrons. The number of carbonyl (C=O) groups is 2. The molecule has 0 spiro atoms. The first-order valence-electron chi connectivity index (χ1n) is 5.69. The van der Waals surface area contributed by atoms with Gasteiger partial charge in [-0.2, -0.15) is 0 Å². The molecule has 1 heterocycles. The molecule has 0 unspecified atom stereocenters. The lowest BCUT2D eigenvalue weighted by atomic mass is 10.1. The molecule has 0 bridgehead atoms. The van der Waals surface area contributed by atoms with Crippen molar-refractivity contribution >= 4 is 17.5 Å². The van der Waals surface area contributed by atoms with Crippen LogP contribution in [0.15, 0.2) is 18.2 Å². The van der Waals surface area contributed by atoms with Crippen LogP contribution >= 0.6 is 0 Å². The Kier molecular flexibility index (Phi) is 3.13. The number of benzene rings is 1. The Morgan fingerprint density at radius 2 is 2.24 bits per heavy atom. The fourth-order valence-corrected chi connectivity index (χ4v) is 1.89. The van der Waals surface area contributed by atoms with Gasteiger partial charge < -0.3 is 10.2 Å². The average molecular weight is 232 g/mol. The van der Waals surface area contributed by atoms with Crippen LogP contribution in [0.4, 0.5) is 5.69 Å². The van der Waals surface area contributed by atoms with Gasteiger partial charge in [0, 0.05) is 26.2 Å². The number of hydrogen-bond donors (Lipinski definition) is 1. The van der Waals surface area contributed by atoms with Gasteiger partial charge in [-0.25, -0.2) is 0 Å². The van der Waals surface area contributed by atoms with Gasteiger partial charge in [0.15, 0.2) is 0 Å². The molecule has 0 atom stereocenters. The summed E-state index contributed by atoms with van der Waals surface area (Å²) in [6.07, 6.45) is 1.28. The van der Waals surface area contributed by atoms with Crippen LogP contribution < -0.4 is 5.32 Å². The molecule has 0 fully saturated rings. The molecule has 2 amide bonds. The smallest absolute Gasteiger partial charge is 0.228 e. The minimum atomic E-state index is 0.0537. The second-order valence-corrected chi connectivity index (χ2v) is 4.41. The van der Waals surface area contributed by atoms with Gasteiger partial charge in [-0.3, -0.25) is 9.59 Å². The van der Waals surface area contributed by atoms with E-state index in [1.54, 1.807) is 18.9 Å². The molecule has 1 aromatic rings. The molecule has 2 rings (SSSR count). The van der Waals surface area contributed by atoms with E-state index >= 15 is 0 Å². The molecule has 90 valence electrons. The zero-order valence-electron chi connectivity index (χ0n) is 10.1. The van der Waals surface area contributed by atoms with Gasteiger partial charge in [-0.05, 0) is 23.6 Å². The van der Waals surface area contributed by atoms with Crippen LogP contribution in [0.1, 0.15) is 18.1 Å². The standard InChI is InChI=1S/C13H16N2O2/c1-9(16)15(2)6-5-10-3-4-12-11(7-10)8-13(17)14-12/h3-4,7H,5-6,8H2,1-2H3,(H,14,17). The highest BCUT2D eigenvalue weighted by molar-refractivity contribution is 5.99. The summed E-state index contributed by atoms with van der Waals surface area (Å²) in [4.78, 5) is 24.0. The van der Waals surface area contributed by atoms with Crippen molar-refractivity contribution in [2.75, 3.05) is 18.9 Å². The summed E-state index contributed by atoms with van der Waals surface area (Å²) in [5, 5.41) is 2.80. The Balaban J connectivity index is 2.02. The molecule has 17 heavy (non-hydrogen) atoms. The zero-order valence-corrected chi connectivity index (χ0v) is 10.1. The predicted octanol–water partition coefficient (Wildman–Crippen LogP) is 1.20. The van der Waals surface area contributed by atoms with Crippen molar-refractivity contribution in [1.82, 2.24) is 4.90 Å². The summed E-state index contributed by atoms with van der Waals surface area (Å²) in [5.74, 6) is 0.126. The van der Waals surface area contributed by atoms with Gasteiger partial charge in [0.05, 0.1) is 6.42 Å². The second-order valence-electron chi connectivity index (χ2n) is 4.41. The van der Waals surface area contributed by atoms with E-state index in [1.165, 1.54) is 0 Å². The van der Waals surface area contributed by atoms with Crippen LogP contribution in [0, 0.1) is 0 Å². The highest BCUT2D eigenvalue weighted by Crippen LogP contribution is 2.23. The third kappa shape index (κ3) is 2.64. The zero-order chi connectivity index (χ0) is 12.4. The third-order valence-corrected chi connectivity index (χ3v) is 3.07. The van der Waals surface area contributed by atoms with Crippen molar-refractivity contribution < 1.29 is 9.59 Å². The summed E-state index contributed by atoms with van der Waals surface area (Å²) in [5.41, 5.74) is 3.13. The van der Waals surface area contributed by atoms with Crippen LogP contribution in [-0.4, -0.2) is 30.3 Å². The van der Waals surface area contributed by atoms with Gasteiger partial charge in [-0.15, -0.1) is 0 Å². The molecule has 1 N–H and O–H groups in total. The highest BCUT2D eigenvalue weighted by Gasteiger charge is 2.17. The minimum absolute atomic E-state index is 0.0537. The molecular formula is C13H16N2O2. The Bertz CT molecular complexity index is 468. The molecule has 1 aliphatic rings. The fourth-order valence-electron chi connectivity index (χ4n) is 1.89. The first-order valence-corrected chi connectivity index (χ1v) is 5.69. The first-order chi connectivity index (χ1) is 8.06. The summed E-state index contributed by atoms with van der Waals surface area (Å²) in [7, 11) is 1.79. The maximum absolute atomic E-state index is 11.2. The topological polar surface area (TPSA) is 49.4 Å². The molecule has 0 aromatic heterocycles. The summed E-state index contributed by atoms with van der Waals surface area (Å²) >= 11 is 0. The maximum atomic E-state index is 11.2. The van der Waals surface area contributed by atoms with Gasteiger partial charge in [0.25, 0.3) is 0 Å². The number of fused-ring (bicyclic) bond motifs is 1. The molecule has 0 saturated heterocycles. The van der Waals surface area contributed by atoms with E-state index in [4.69, 9.17) is 0 Å². The molecule has 4 heteroatoms. The molecule has 4 nitrogen and oxygen atoms in total. The van der Waals surface area contributed by atoms with Crippen molar-refractivity contribution in [3.05, 3.63) is 29.3 Å². The molecule has 1 aromatic carbocycles. The fraction of sp³-hybridized carbons (Fsp3) is 0.385. The van der Waals surface area contributed by atoms with E-state index in [2.05, 4.69) is 5.32 Å². The number of nitrogens with zero attached hydrogens (tertiary/aromatic N) is 1. The second kappa shape index (κ2) is 4.57. The van der Waals surface area contributed by atoms with Gasteiger partial charge in [-0.1, -0.05) is 12.1 Å². The van der Waals surface area contributed by atoms with E-state index in [1.807, 2.05) is 18.2 Å². The number of carbonyl (C=O) groups excluding carboxylic acids is 2. The number of amides is 2. The first kappa shape index (κ1) is 11.6. The normalized spacial score (nSPS) is 13.2. The maximum Gasteiger partial charge on any atom is 0.228 e. The van der Waals surface area contributed by atoms with Gasteiger partial charge in [0.2, 0.25) is 11.8 Å². The van der Waals surface area contributed by atoms with E-state index < -0.39 is 0 Å². The number of rotatable bonds is 3. The van der Waals surface area contributed by atoms with Crippen molar-refractivity contribution in [3.63, 3.8) is 0 Å².